The van der Waals surface area contributed by atoms with Crippen molar-refractivity contribution in [1.29, 1.82) is 0 Å². The van der Waals surface area contributed by atoms with Crippen molar-refractivity contribution in [3.63, 3.8) is 0 Å². The van der Waals surface area contributed by atoms with E-state index in [1.165, 1.54) is 24.5 Å². The Balaban J connectivity index is 2.06. The summed E-state index contributed by atoms with van der Waals surface area (Å²) in [5.74, 6) is -0.425. The number of hydrazone groups is 1. The summed E-state index contributed by atoms with van der Waals surface area (Å²) < 4.78 is 0. The average Bonchev–Trinajstić information content (AvgIpc) is 2.38. The van der Waals surface area contributed by atoms with E-state index in [9.17, 15) is 14.4 Å². The third-order valence-corrected chi connectivity index (χ3v) is 2.09. The number of nitrogens with zero attached hydrogens (tertiary/aromatic N) is 2. The van der Waals surface area contributed by atoms with Crippen molar-refractivity contribution in [1.82, 2.24) is 20.4 Å². The number of carbonyl (C=O) groups is 1. The normalized spacial score (nSPS) is 10.5. The summed E-state index contributed by atoms with van der Waals surface area (Å²) >= 11 is 0. The van der Waals surface area contributed by atoms with Gasteiger partial charge in [-0.05, 0) is 12.1 Å². The van der Waals surface area contributed by atoms with Crippen LogP contribution in [-0.2, 0) is 0 Å². The molecule has 0 spiro atoms. The van der Waals surface area contributed by atoms with E-state index in [4.69, 9.17) is 0 Å². The van der Waals surface area contributed by atoms with E-state index in [2.05, 4.69) is 20.5 Å². The van der Waals surface area contributed by atoms with Crippen LogP contribution < -0.4 is 16.7 Å². The molecule has 3 N–H and O–H groups in total. The molecule has 2 aromatic rings. The van der Waals surface area contributed by atoms with Crippen LogP contribution >= 0.6 is 0 Å². The summed E-state index contributed by atoms with van der Waals surface area (Å²) in [4.78, 5) is 41.7. The standard InChI is InChI=1S/C11H9N5O3/c17-9-5-8(14-11(19)15-9)6-13-16-10(18)7-1-3-12-4-2-7/h1-6H,(H,16,18)(H2,14,15,17,19)/b13-6-. The van der Waals surface area contributed by atoms with Gasteiger partial charge in [0.1, 0.15) is 0 Å². The smallest absolute Gasteiger partial charge is 0.306 e. The zero-order chi connectivity index (χ0) is 13.7. The minimum atomic E-state index is -0.644. The monoisotopic (exact) mass is 259 g/mol. The zero-order valence-corrected chi connectivity index (χ0v) is 9.58. The van der Waals surface area contributed by atoms with Gasteiger partial charge in [0.15, 0.2) is 0 Å². The molecule has 2 aromatic heterocycles. The highest BCUT2D eigenvalue weighted by atomic mass is 16.2. The third kappa shape index (κ3) is 3.46. The fraction of sp³-hybridized carbons (Fsp3) is 0. The number of rotatable bonds is 3. The van der Waals surface area contributed by atoms with E-state index in [0.29, 0.717) is 5.56 Å². The van der Waals surface area contributed by atoms with Crippen LogP contribution in [0.5, 0.6) is 0 Å². The lowest BCUT2D eigenvalue weighted by atomic mass is 10.3. The Bertz CT molecular complexity index is 689. The largest absolute Gasteiger partial charge is 0.326 e. The van der Waals surface area contributed by atoms with Crippen LogP contribution in [0.15, 0.2) is 45.3 Å². The maximum absolute atomic E-state index is 11.6. The second kappa shape index (κ2) is 5.54. The quantitative estimate of drug-likeness (QED) is 0.494. The van der Waals surface area contributed by atoms with Gasteiger partial charge in [0.05, 0.1) is 11.9 Å². The number of H-pyrrole nitrogens is 2. The van der Waals surface area contributed by atoms with E-state index in [1.54, 1.807) is 0 Å². The number of aromatic nitrogens is 3. The predicted molar refractivity (Wildman–Crippen MR) is 67.0 cm³/mol. The summed E-state index contributed by atoms with van der Waals surface area (Å²) in [5, 5.41) is 3.63. The van der Waals surface area contributed by atoms with Crippen LogP contribution in [0.3, 0.4) is 0 Å². The van der Waals surface area contributed by atoms with Crippen LogP contribution in [0.2, 0.25) is 0 Å². The Morgan fingerprint density at radius 1 is 1.26 bits per heavy atom. The van der Waals surface area contributed by atoms with Crippen molar-refractivity contribution < 1.29 is 4.79 Å². The van der Waals surface area contributed by atoms with Gasteiger partial charge in [-0.15, -0.1) is 0 Å². The van der Waals surface area contributed by atoms with Crippen molar-refractivity contribution in [2.75, 3.05) is 0 Å². The van der Waals surface area contributed by atoms with Gasteiger partial charge in [0, 0.05) is 24.0 Å². The first-order chi connectivity index (χ1) is 9.15. The lowest BCUT2D eigenvalue weighted by molar-refractivity contribution is 0.0955. The molecule has 0 bridgehead atoms. The van der Waals surface area contributed by atoms with Crippen molar-refractivity contribution in [3.05, 3.63) is 62.7 Å². The number of aromatic amines is 2. The Morgan fingerprint density at radius 3 is 2.68 bits per heavy atom. The summed E-state index contributed by atoms with van der Waals surface area (Å²) in [6.07, 6.45) is 4.12. The van der Waals surface area contributed by atoms with E-state index in [1.807, 2.05) is 4.98 Å². The first-order valence-corrected chi connectivity index (χ1v) is 5.22. The Morgan fingerprint density at radius 2 is 2.00 bits per heavy atom. The summed E-state index contributed by atoms with van der Waals surface area (Å²) in [5.41, 5.74) is 1.64. The fourth-order valence-corrected chi connectivity index (χ4v) is 1.29. The summed E-state index contributed by atoms with van der Waals surface area (Å²) in [6, 6.07) is 4.20. The molecule has 0 aliphatic heterocycles. The minimum absolute atomic E-state index is 0.184. The molecule has 19 heavy (non-hydrogen) atoms. The van der Waals surface area contributed by atoms with Gasteiger partial charge in [0.2, 0.25) is 0 Å². The zero-order valence-electron chi connectivity index (χ0n) is 9.58. The van der Waals surface area contributed by atoms with Crippen molar-refractivity contribution in [2.24, 2.45) is 5.10 Å². The topological polar surface area (TPSA) is 120 Å². The number of amides is 1. The molecule has 96 valence electrons. The van der Waals surface area contributed by atoms with Crippen LogP contribution in [0.1, 0.15) is 16.1 Å². The molecule has 0 saturated carbocycles. The highest BCUT2D eigenvalue weighted by molar-refractivity contribution is 5.94. The number of hydrogen-bond donors (Lipinski definition) is 3. The molecule has 0 fully saturated rings. The molecule has 0 unspecified atom stereocenters. The molecule has 1 amide bonds. The number of pyridine rings is 1. The first-order valence-electron chi connectivity index (χ1n) is 5.22. The molecular formula is C11H9N5O3. The Kier molecular flexibility index (Phi) is 3.62. The molecule has 0 aliphatic carbocycles. The van der Waals surface area contributed by atoms with Crippen LogP contribution in [0.25, 0.3) is 0 Å². The lowest BCUT2D eigenvalue weighted by Crippen LogP contribution is -2.23. The van der Waals surface area contributed by atoms with Gasteiger partial charge in [0.25, 0.3) is 11.5 Å². The van der Waals surface area contributed by atoms with E-state index in [-0.39, 0.29) is 5.69 Å². The van der Waals surface area contributed by atoms with Gasteiger partial charge in [-0.3, -0.25) is 19.6 Å². The second-order valence-electron chi connectivity index (χ2n) is 3.48. The average molecular weight is 259 g/mol. The molecule has 0 atom stereocenters. The van der Waals surface area contributed by atoms with E-state index in [0.717, 1.165) is 12.3 Å². The molecule has 2 heterocycles. The highest BCUT2D eigenvalue weighted by Gasteiger charge is 2.01. The first kappa shape index (κ1) is 12.4. The number of hydrogen-bond acceptors (Lipinski definition) is 5. The Hall–Kier alpha value is -3.03. The maximum Gasteiger partial charge on any atom is 0.326 e. The minimum Gasteiger partial charge on any atom is -0.306 e. The molecule has 8 nitrogen and oxygen atoms in total. The van der Waals surface area contributed by atoms with E-state index < -0.39 is 17.2 Å². The number of nitrogens with one attached hydrogen (secondary N) is 3. The highest BCUT2D eigenvalue weighted by Crippen LogP contribution is 1.94. The van der Waals surface area contributed by atoms with Crippen molar-refractivity contribution in [2.45, 2.75) is 0 Å². The molecule has 8 heteroatoms. The van der Waals surface area contributed by atoms with Crippen LogP contribution in [-0.4, -0.2) is 27.1 Å². The second-order valence-corrected chi connectivity index (χ2v) is 3.48. The van der Waals surface area contributed by atoms with E-state index >= 15 is 0 Å². The molecular weight excluding hydrogens is 250 g/mol. The SMILES string of the molecule is O=C(N/N=C\c1cc(=O)[nH]c(=O)[nH]1)c1ccncc1. The third-order valence-electron chi connectivity index (χ3n) is 2.09. The maximum atomic E-state index is 11.6. The summed E-state index contributed by atoms with van der Waals surface area (Å²) in [6.45, 7) is 0. The predicted octanol–water partition coefficient (Wildman–Crippen LogP) is -0.778. The number of carbonyl (C=O) groups excluding carboxylic acids is 1. The molecule has 2 rings (SSSR count). The van der Waals surface area contributed by atoms with Gasteiger partial charge >= 0.3 is 5.69 Å². The molecule has 0 saturated heterocycles. The van der Waals surface area contributed by atoms with Crippen LogP contribution in [0.4, 0.5) is 0 Å². The van der Waals surface area contributed by atoms with Gasteiger partial charge in [-0.25, -0.2) is 10.2 Å². The molecule has 0 radical (unpaired) electrons. The molecule has 0 aliphatic rings. The molecule has 0 aromatic carbocycles. The van der Waals surface area contributed by atoms with Gasteiger partial charge in [-0.2, -0.15) is 5.10 Å². The van der Waals surface area contributed by atoms with Gasteiger partial charge < -0.3 is 4.98 Å². The lowest BCUT2D eigenvalue weighted by Gasteiger charge is -1.98. The Labute approximate surface area is 106 Å². The van der Waals surface area contributed by atoms with Gasteiger partial charge in [-0.1, -0.05) is 0 Å². The summed E-state index contributed by atoms with van der Waals surface area (Å²) in [7, 11) is 0. The van der Waals surface area contributed by atoms with Crippen molar-refractivity contribution >= 4 is 12.1 Å². The van der Waals surface area contributed by atoms with Crippen molar-refractivity contribution in [3.8, 4) is 0 Å². The fourth-order valence-electron chi connectivity index (χ4n) is 1.29. The van der Waals surface area contributed by atoms with Crippen LogP contribution in [0, 0.1) is 0 Å².